The van der Waals surface area contributed by atoms with Gasteiger partial charge in [-0.1, -0.05) is 23.7 Å². The van der Waals surface area contributed by atoms with E-state index in [0.717, 1.165) is 10.5 Å². The van der Waals surface area contributed by atoms with Crippen LogP contribution >= 0.6 is 11.6 Å². The zero-order valence-corrected chi connectivity index (χ0v) is 13.7. The van der Waals surface area contributed by atoms with Gasteiger partial charge in [-0.15, -0.1) is 0 Å². The number of para-hydroxylation sites is 1. The molecule has 0 saturated carbocycles. The van der Waals surface area contributed by atoms with Gasteiger partial charge < -0.3 is 15.0 Å². The number of nitrogens with zero attached hydrogens (tertiary/aromatic N) is 2. The SMILES string of the molecule is Cc1cccc(Cl)c1OCCNC(=O)CN1C(=O)CN(C)C1=O. The molecule has 4 amide bonds. The number of imide groups is 1. The van der Waals surface area contributed by atoms with Crippen molar-refractivity contribution in [1.82, 2.24) is 15.1 Å². The Hall–Kier alpha value is -2.28. The molecule has 1 heterocycles. The number of likely N-dealkylation sites (N-methyl/N-ethyl adjacent to an activating group) is 1. The second-order valence-corrected chi connectivity index (χ2v) is 5.61. The van der Waals surface area contributed by atoms with E-state index in [-0.39, 0.29) is 32.1 Å². The summed E-state index contributed by atoms with van der Waals surface area (Å²) in [6, 6.07) is 4.96. The summed E-state index contributed by atoms with van der Waals surface area (Å²) in [5, 5.41) is 3.11. The minimum Gasteiger partial charge on any atom is -0.490 e. The van der Waals surface area contributed by atoms with Crippen molar-refractivity contribution >= 4 is 29.4 Å². The molecule has 7 nitrogen and oxygen atoms in total. The molecule has 1 aromatic carbocycles. The molecular weight excluding hydrogens is 322 g/mol. The molecule has 0 aromatic heterocycles. The molecule has 0 aliphatic carbocycles. The van der Waals surface area contributed by atoms with E-state index in [9.17, 15) is 14.4 Å². The Bertz CT molecular complexity index is 615. The lowest BCUT2D eigenvalue weighted by Gasteiger charge is -2.14. The zero-order valence-electron chi connectivity index (χ0n) is 13.0. The Morgan fingerprint density at radius 2 is 2.13 bits per heavy atom. The summed E-state index contributed by atoms with van der Waals surface area (Å²) in [4.78, 5) is 37.2. The first kappa shape index (κ1) is 17.1. The van der Waals surface area contributed by atoms with Crippen molar-refractivity contribution in [2.75, 3.05) is 33.3 Å². The van der Waals surface area contributed by atoms with Crippen LogP contribution in [0, 0.1) is 6.92 Å². The topological polar surface area (TPSA) is 79.0 Å². The summed E-state index contributed by atoms with van der Waals surface area (Å²) < 4.78 is 5.54. The van der Waals surface area contributed by atoms with Crippen LogP contribution in [0.1, 0.15) is 5.56 Å². The highest BCUT2D eigenvalue weighted by atomic mass is 35.5. The van der Waals surface area contributed by atoms with Crippen molar-refractivity contribution in [3.63, 3.8) is 0 Å². The van der Waals surface area contributed by atoms with Crippen LogP contribution in [0.4, 0.5) is 4.79 Å². The molecule has 1 N–H and O–H groups in total. The molecule has 0 unspecified atom stereocenters. The van der Waals surface area contributed by atoms with Crippen LogP contribution in [0.25, 0.3) is 0 Å². The molecule has 124 valence electrons. The number of hydrogen-bond donors (Lipinski definition) is 1. The van der Waals surface area contributed by atoms with E-state index >= 15 is 0 Å². The molecule has 23 heavy (non-hydrogen) atoms. The van der Waals surface area contributed by atoms with Crippen molar-refractivity contribution < 1.29 is 19.1 Å². The number of rotatable bonds is 6. The van der Waals surface area contributed by atoms with E-state index in [2.05, 4.69) is 5.32 Å². The van der Waals surface area contributed by atoms with E-state index in [4.69, 9.17) is 16.3 Å². The number of amides is 4. The van der Waals surface area contributed by atoms with Gasteiger partial charge in [0.25, 0.3) is 5.91 Å². The third kappa shape index (κ3) is 4.13. The standard InChI is InChI=1S/C15H18ClN3O4/c1-10-4-3-5-11(16)14(10)23-7-6-17-12(20)8-19-13(21)9-18(2)15(19)22/h3-5H,6-9H2,1-2H3,(H,17,20). The first-order valence-electron chi connectivity index (χ1n) is 7.10. The third-order valence-corrected chi connectivity index (χ3v) is 3.66. The van der Waals surface area contributed by atoms with Crippen molar-refractivity contribution in [3.8, 4) is 5.75 Å². The van der Waals surface area contributed by atoms with Gasteiger partial charge in [0.15, 0.2) is 0 Å². The predicted molar refractivity (Wildman–Crippen MR) is 84.4 cm³/mol. The maximum Gasteiger partial charge on any atom is 0.327 e. The number of hydrogen-bond acceptors (Lipinski definition) is 4. The lowest BCUT2D eigenvalue weighted by molar-refractivity contribution is -0.130. The fraction of sp³-hybridized carbons (Fsp3) is 0.400. The van der Waals surface area contributed by atoms with Crippen LogP contribution in [0.3, 0.4) is 0 Å². The number of urea groups is 1. The van der Waals surface area contributed by atoms with Crippen LogP contribution in [0.15, 0.2) is 18.2 Å². The van der Waals surface area contributed by atoms with Gasteiger partial charge in [-0.05, 0) is 18.6 Å². The number of carbonyl (C=O) groups excluding carboxylic acids is 3. The lowest BCUT2D eigenvalue weighted by atomic mass is 10.2. The van der Waals surface area contributed by atoms with Gasteiger partial charge in [0, 0.05) is 7.05 Å². The second-order valence-electron chi connectivity index (χ2n) is 5.20. The van der Waals surface area contributed by atoms with Gasteiger partial charge in [-0.3, -0.25) is 14.5 Å². The Morgan fingerprint density at radius 1 is 1.39 bits per heavy atom. The molecule has 1 fully saturated rings. The molecule has 1 aromatic rings. The first-order chi connectivity index (χ1) is 10.9. The monoisotopic (exact) mass is 339 g/mol. The van der Waals surface area contributed by atoms with Crippen LogP contribution in [-0.4, -0.2) is 60.9 Å². The Labute approximate surface area is 139 Å². The smallest absolute Gasteiger partial charge is 0.327 e. The fourth-order valence-corrected chi connectivity index (χ4v) is 2.44. The lowest BCUT2D eigenvalue weighted by Crippen LogP contribution is -2.42. The van der Waals surface area contributed by atoms with Gasteiger partial charge >= 0.3 is 6.03 Å². The highest BCUT2D eigenvalue weighted by Crippen LogP contribution is 2.27. The number of carbonyl (C=O) groups is 3. The largest absolute Gasteiger partial charge is 0.490 e. The van der Waals surface area contributed by atoms with Crippen LogP contribution < -0.4 is 10.1 Å². The summed E-state index contributed by atoms with van der Waals surface area (Å²) in [5.74, 6) is -0.216. The van der Waals surface area contributed by atoms with Gasteiger partial charge in [0.2, 0.25) is 5.91 Å². The summed E-state index contributed by atoms with van der Waals surface area (Å²) in [7, 11) is 1.51. The van der Waals surface area contributed by atoms with Crippen molar-refractivity contribution in [3.05, 3.63) is 28.8 Å². The molecule has 1 aliphatic rings. The highest BCUT2D eigenvalue weighted by molar-refractivity contribution is 6.32. The number of benzene rings is 1. The van der Waals surface area contributed by atoms with Gasteiger partial charge in [0.05, 0.1) is 11.6 Å². The Morgan fingerprint density at radius 3 is 2.74 bits per heavy atom. The molecule has 1 saturated heterocycles. The average molecular weight is 340 g/mol. The molecule has 0 atom stereocenters. The van der Waals surface area contributed by atoms with E-state index < -0.39 is 11.9 Å². The van der Waals surface area contributed by atoms with E-state index in [1.807, 2.05) is 19.1 Å². The van der Waals surface area contributed by atoms with Crippen LogP contribution in [0.5, 0.6) is 5.75 Å². The van der Waals surface area contributed by atoms with Crippen molar-refractivity contribution in [2.45, 2.75) is 6.92 Å². The number of nitrogens with one attached hydrogen (secondary N) is 1. The van der Waals surface area contributed by atoms with Crippen LogP contribution in [0.2, 0.25) is 5.02 Å². The number of halogens is 1. The number of aryl methyl sites for hydroxylation is 1. The fourth-order valence-electron chi connectivity index (χ4n) is 2.17. The summed E-state index contributed by atoms with van der Waals surface area (Å²) >= 11 is 6.03. The maximum absolute atomic E-state index is 11.8. The normalized spacial score (nSPS) is 14.4. The summed E-state index contributed by atoms with van der Waals surface area (Å²) in [6.45, 7) is 2.07. The minimum atomic E-state index is -0.465. The molecule has 0 bridgehead atoms. The van der Waals surface area contributed by atoms with Crippen molar-refractivity contribution in [2.24, 2.45) is 0 Å². The van der Waals surface area contributed by atoms with Crippen LogP contribution in [-0.2, 0) is 9.59 Å². The molecule has 1 aliphatic heterocycles. The highest BCUT2D eigenvalue weighted by Gasteiger charge is 2.34. The molecule has 0 radical (unpaired) electrons. The van der Waals surface area contributed by atoms with E-state index in [1.165, 1.54) is 11.9 Å². The van der Waals surface area contributed by atoms with E-state index in [0.29, 0.717) is 10.8 Å². The second kappa shape index (κ2) is 7.32. The maximum atomic E-state index is 11.8. The molecule has 0 spiro atoms. The Kier molecular flexibility index (Phi) is 5.44. The summed E-state index contributed by atoms with van der Waals surface area (Å²) in [6.07, 6.45) is 0. The van der Waals surface area contributed by atoms with Gasteiger partial charge in [-0.25, -0.2) is 4.79 Å². The quantitative estimate of drug-likeness (QED) is 0.620. The third-order valence-electron chi connectivity index (χ3n) is 3.37. The minimum absolute atomic E-state index is 0.001000. The van der Waals surface area contributed by atoms with E-state index in [1.54, 1.807) is 6.07 Å². The zero-order chi connectivity index (χ0) is 17.0. The molecule has 2 rings (SSSR count). The molecular formula is C15H18ClN3O4. The first-order valence-corrected chi connectivity index (χ1v) is 7.48. The van der Waals surface area contributed by atoms with Gasteiger partial charge in [0.1, 0.15) is 25.4 Å². The molecule has 8 heteroatoms. The Balaban J connectivity index is 1.75. The average Bonchev–Trinajstić information content (AvgIpc) is 2.72. The summed E-state index contributed by atoms with van der Waals surface area (Å²) in [5.41, 5.74) is 0.903. The predicted octanol–water partition coefficient (Wildman–Crippen LogP) is 1.04. The van der Waals surface area contributed by atoms with Crippen molar-refractivity contribution in [1.29, 1.82) is 0 Å². The van der Waals surface area contributed by atoms with Gasteiger partial charge in [-0.2, -0.15) is 0 Å². The number of ether oxygens (including phenoxy) is 1.